The van der Waals surface area contributed by atoms with Gasteiger partial charge in [-0.3, -0.25) is 0 Å². The Morgan fingerprint density at radius 2 is 2.00 bits per heavy atom. The largest absolute Gasteiger partial charge is 0.493 e. The van der Waals surface area contributed by atoms with Gasteiger partial charge < -0.3 is 14.8 Å². The molecule has 0 aliphatic rings. The Hall–Kier alpha value is -2.57. The Bertz CT molecular complexity index is 974. The number of ether oxygens (including phenoxy) is 2. The van der Waals surface area contributed by atoms with Crippen molar-refractivity contribution in [1.82, 2.24) is 15.1 Å². The fourth-order valence-electron chi connectivity index (χ4n) is 3.17. The molecule has 0 spiro atoms. The summed E-state index contributed by atoms with van der Waals surface area (Å²) >= 11 is 6.28. The smallest absolute Gasteiger partial charge is 0.179 e. The Kier molecular flexibility index (Phi) is 6.21. The van der Waals surface area contributed by atoms with Crippen molar-refractivity contribution < 1.29 is 13.9 Å². The predicted octanol–water partition coefficient (Wildman–Crippen LogP) is 4.84. The fourth-order valence-corrected chi connectivity index (χ4v) is 3.48. The SMILES string of the molecule is COc1cc(CN[C@@H](C)c2cnn(-c3cccc(F)c3)c2C)cc(Cl)c1OC. The molecule has 1 atom stereocenters. The molecule has 0 saturated carbocycles. The minimum absolute atomic E-state index is 0.0363. The molecular weight excluding hydrogens is 381 g/mol. The van der Waals surface area contributed by atoms with Gasteiger partial charge in [0.25, 0.3) is 0 Å². The van der Waals surface area contributed by atoms with Crippen molar-refractivity contribution in [3.05, 3.63) is 70.3 Å². The summed E-state index contributed by atoms with van der Waals surface area (Å²) in [6, 6.07) is 10.2. The number of aromatic nitrogens is 2. The lowest BCUT2D eigenvalue weighted by Gasteiger charge is -2.16. The Morgan fingerprint density at radius 1 is 1.21 bits per heavy atom. The number of rotatable bonds is 7. The van der Waals surface area contributed by atoms with Crippen LogP contribution in [0.4, 0.5) is 4.39 Å². The van der Waals surface area contributed by atoms with Gasteiger partial charge in [0.1, 0.15) is 5.82 Å². The summed E-state index contributed by atoms with van der Waals surface area (Å²) in [6.07, 6.45) is 1.81. The zero-order valence-corrected chi connectivity index (χ0v) is 17.0. The molecular formula is C21H23ClFN3O2. The van der Waals surface area contributed by atoms with E-state index in [1.807, 2.05) is 25.1 Å². The lowest BCUT2D eigenvalue weighted by molar-refractivity contribution is 0.354. The molecule has 7 heteroatoms. The molecule has 28 heavy (non-hydrogen) atoms. The van der Waals surface area contributed by atoms with E-state index in [4.69, 9.17) is 21.1 Å². The molecule has 0 unspecified atom stereocenters. The highest BCUT2D eigenvalue weighted by atomic mass is 35.5. The summed E-state index contributed by atoms with van der Waals surface area (Å²) < 4.78 is 25.9. The lowest BCUT2D eigenvalue weighted by atomic mass is 10.1. The van der Waals surface area contributed by atoms with Gasteiger partial charge in [-0.1, -0.05) is 17.7 Å². The summed E-state index contributed by atoms with van der Waals surface area (Å²) in [6.45, 7) is 4.62. The van der Waals surface area contributed by atoms with Crippen LogP contribution in [0.15, 0.2) is 42.6 Å². The first-order valence-electron chi connectivity index (χ1n) is 8.88. The Balaban J connectivity index is 1.76. The van der Waals surface area contributed by atoms with E-state index in [1.165, 1.54) is 12.1 Å². The van der Waals surface area contributed by atoms with E-state index in [0.717, 1.165) is 16.8 Å². The van der Waals surface area contributed by atoms with Crippen LogP contribution >= 0.6 is 11.6 Å². The van der Waals surface area contributed by atoms with Gasteiger partial charge in [-0.2, -0.15) is 5.10 Å². The average Bonchev–Trinajstić information content (AvgIpc) is 3.07. The standard InChI is InChI=1S/C21H23ClFN3O2/c1-13(24-11-15-8-19(22)21(28-4)20(9-15)27-3)18-12-25-26(14(18)2)17-7-5-6-16(23)10-17/h5-10,12-13,24H,11H2,1-4H3/t13-/m0/s1. The second kappa shape index (κ2) is 8.63. The highest BCUT2D eigenvalue weighted by Crippen LogP contribution is 2.36. The number of hydrogen-bond acceptors (Lipinski definition) is 4. The predicted molar refractivity (Wildman–Crippen MR) is 108 cm³/mol. The van der Waals surface area contributed by atoms with Crippen LogP contribution < -0.4 is 14.8 Å². The van der Waals surface area contributed by atoms with E-state index < -0.39 is 0 Å². The third-order valence-corrected chi connectivity index (χ3v) is 4.95. The van der Waals surface area contributed by atoms with Gasteiger partial charge in [0.05, 0.1) is 31.1 Å². The minimum atomic E-state index is -0.287. The topological polar surface area (TPSA) is 48.3 Å². The molecule has 5 nitrogen and oxygen atoms in total. The van der Waals surface area contributed by atoms with Crippen molar-refractivity contribution in [3.63, 3.8) is 0 Å². The van der Waals surface area contributed by atoms with Crippen LogP contribution in [0.1, 0.15) is 29.8 Å². The fraction of sp³-hybridized carbons (Fsp3) is 0.286. The monoisotopic (exact) mass is 403 g/mol. The second-order valence-electron chi connectivity index (χ2n) is 6.49. The number of benzene rings is 2. The molecule has 0 amide bonds. The Morgan fingerprint density at radius 3 is 2.68 bits per heavy atom. The maximum atomic E-state index is 13.5. The molecule has 3 rings (SSSR count). The molecule has 1 N–H and O–H groups in total. The van der Waals surface area contributed by atoms with Gasteiger partial charge in [-0.15, -0.1) is 0 Å². The average molecular weight is 404 g/mol. The first kappa shape index (κ1) is 20.2. The molecule has 0 aliphatic heterocycles. The van der Waals surface area contributed by atoms with Gasteiger partial charge in [-0.05, 0) is 49.7 Å². The van der Waals surface area contributed by atoms with E-state index >= 15 is 0 Å². The third kappa shape index (κ3) is 4.13. The molecule has 0 aliphatic carbocycles. The van der Waals surface area contributed by atoms with Gasteiger partial charge in [0.15, 0.2) is 11.5 Å². The van der Waals surface area contributed by atoms with Crippen molar-refractivity contribution in [1.29, 1.82) is 0 Å². The summed E-state index contributed by atoms with van der Waals surface area (Å²) in [5.74, 6) is 0.827. The van der Waals surface area contributed by atoms with Crippen molar-refractivity contribution >= 4 is 11.6 Å². The molecule has 0 bridgehead atoms. The second-order valence-corrected chi connectivity index (χ2v) is 6.90. The van der Waals surface area contributed by atoms with E-state index in [2.05, 4.69) is 17.3 Å². The number of nitrogens with zero attached hydrogens (tertiary/aromatic N) is 2. The lowest BCUT2D eigenvalue weighted by Crippen LogP contribution is -2.18. The van der Waals surface area contributed by atoms with Crippen LogP contribution in [0.2, 0.25) is 5.02 Å². The van der Waals surface area contributed by atoms with Crippen molar-refractivity contribution in [2.45, 2.75) is 26.4 Å². The quantitative estimate of drug-likeness (QED) is 0.613. The Labute approximate surface area is 169 Å². The highest BCUT2D eigenvalue weighted by molar-refractivity contribution is 6.32. The number of hydrogen-bond donors (Lipinski definition) is 1. The maximum Gasteiger partial charge on any atom is 0.179 e. The van der Waals surface area contributed by atoms with Crippen LogP contribution in [0.5, 0.6) is 11.5 Å². The third-order valence-electron chi connectivity index (χ3n) is 4.67. The van der Waals surface area contributed by atoms with Gasteiger partial charge in [0, 0.05) is 23.8 Å². The molecule has 1 heterocycles. The van der Waals surface area contributed by atoms with Crippen LogP contribution in [0.3, 0.4) is 0 Å². The molecule has 3 aromatic rings. The van der Waals surface area contributed by atoms with E-state index in [9.17, 15) is 4.39 Å². The number of halogens is 2. The molecule has 1 aromatic heterocycles. The summed E-state index contributed by atoms with van der Waals surface area (Å²) in [7, 11) is 3.14. The summed E-state index contributed by atoms with van der Waals surface area (Å²) in [5.41, 5.74) is 3.67. The zero-order chi connectivity index (χ0) is 20.3. The van der Waals surface area contributed by atoms with Crippen LogP contribution in [0, 0.1) is 12.7 Å². The highest BCUT2D eigenvalue weighted by Gasteiger charge is 2.16. The van der Waals surface area contributed by atoms with Gasteiger partial charge >= 0.3 is 0 Å². The summed E-state index contributed by atoms with van der Waals surface area (Å²) in [5, 5.41) is 8.39. The molecule has 0 saturated heterocycles. The molecule has 0 radical (unpaired) electrons. The summed E-state index contributed by atoms with van der Waals surface area (Å²) in [4.78, 5) is 0. The zero-order valence-electron chi connectivity index (χ0n) is 16.3. The van der Waals surface area contributed by atoms with E-state index in [1.54, 1.807) is 31.2 Å². The maximum absolute atomic E-state index is 13.5. The first-order valence-corrected chi connectivity index (χ1v) is 9.26. The molecule has 0 fully saturated rings. The van der Waals surface area contributed by atoms with Crippen LogP contribution in [-0.4, -0.2) is 24.0 Å². The van der Waals surface area contributed by atoms with Crippen molar-refractivity contribution in [2.75, 3.05) is 14.2 Å². The first-order chi connectivity index (χ1) is 13.4. The van der Waals surface area contributed by atoms with Crippen LogP contribution in [0.25, 0.3) is 5.69 Å². The van der Waals surface area contributed by atoms with E-state index in [0.29, 0.717) is 28.8 Å². The van der Waals surface area contributed by atoms with Gasteiger partial charge in [-0.25, -0.2) is 9.07 Å². The normalized spacial score (nSPS) is 12.1. The molecule has 148 valence electrons. The van der Waals surface area contributed by atoms with Crippen molar-refractivity contribution in [3.8, 4) is 17.2 Å². The number of methoxy groups -OCH3 is 2. The molecule has 2 aromatic carbocycles. The van der Waals surface area contributed by atoms with Crippen LogP contribution in [-0.2, 0) is 6.54 Å². The minimum Gasteiger partial charge on any atom is -0.493 e. The van der Waals surface area contributed by atoms with Crippen molar-refractivity contribution in [2.24, 2.45) is 0 Å². The van der Waals surface area contributed by atoms with Gasteiger partial charge in [0.2, 0.25) is 0 Å². The van der Waals surface area contributed by atoms with E-state index in [-0.39, 0.29) is 11.9 Å². The number of nitrogens with one attached hydrogen (secondary N) is 1.